The van der Waals surface area contributed by atoms with Crippen LogP contribution in [-0.4, -0.2) is 38.1 Å². The number of para-hydroxylation sites is 1. The second kappa shape index (κ2) is 10.6. The fourth-order valence-corrected chi connectivity index (χ4v) is 4.69. The Morgan fingerprint density at radius 3 is 2.76 bits per heavy atom. The summed E-state index contributed by atoms with van der Waals surface area (Å²) in [5, 5.41) is 4.86. The topological polar surface area (TPSA) is 47.4 Å². The molecule has 0 saturated carbocycles. The molecule has 4 rings (SSSR count). The number of nitrogens with zero attached hydrogens (tertiary/aromatic N) is 3. The Labute approximate surface area is 203 Å². The molecule has 168 valence electrons. The zero-order valence-electron chi connectivity index (χ0n) is 18.4. The van der Waals surface area contributed by atoms with Gasteiger partial charge in [0.1, 0.15) is 15.8 Å². The average Bonchev–Trinajstić information content (AvgIpc) is 3.37. The Hall–Kier alpha value is -3.16. The minimum Gasteiger partial charge on any atom is -0.494 e. The van der Waals surface area contributed by atoms with Crippen molar-refractivity contribution in [1.82, 2.24) is 14.7 Å². The van der Waals surface area contributed by atoms with E-state index < -0.39 is 0 Å². The minimum atomic E-state index is -0.111. The predicted molar refractivity (Wildman–Crippen MR) is 139 cm³/mol. The van der Waals surface area contributed by atoms with Gasteiger partial charge in [-0.3, -0.25) is 9.69 Å². The van der Waals surface area contributed by atoms with Gasteiger partial charge < -0.3 is 4.74 Å². The number of ether oxygens (including phenoxy) is 1. The first-order chi connectivity index (χ1) is 16.1. The summed E-state index contributed by atoms with van der Waals surface area (Å²) in [5.74, 6) is 0.693. The van der Waals surface area contributed by atoms with Crippen molar-refractivity contribution >= 4 is 40.3 Å². The van der Waals surface area contributed by atoms with Crippen LogP contribution in [0.5, 0.6) is 5.75 Å². The molecule has 0 bridgehead atoms. The molecule has 1 aromatic heterocycles. The average molecular weight is 476 g/mol. The Bertz CT molecular complexity index is 1200. The summed E-state index contributed by atoms with van der Waals surface area (Å²) in [6.07, 6.45) is 7.57. The molecule has 7 heteroatoms. The monoisotopic (exact) mass is 475 g/mol. The quantitative estimate of drug-likeness (QED) is 0.162. The van der Waals surface area contributed by atoms with E-state index in [9.17, 15) is 4.79 Å². The number of rotatable bonds is 9. The van der Waals surface area contributed by atoms with Gasteiger partial charge in [0, 0.05) is 23.9 Å². The second-order valence-electron chi connectivity index (χ2n) is 7.52. The van der Waals surface area contributed by atoms with Crippen LogP contribution in [0, 0.1) is 0 Å². The molecule has 1 saturated heterocycles. The van der Waals surface area contributed by atoms with Crippen LogP contribution in [0.2, 0.25) is 0 Å². The Morgan fingerprint density at radius 1 is 1.18 bits per heavy atom. The highest BCUT2D eigenvalue weighted by molar-refractivity contribution is 8.26. The van der Waals surface area contributed by atoms with Crippen molar-refractivity contribution in [2.75, 3.05) is 13.2 Å². The van der Waals surface area contributed by atoms with Gasteiger partial charge in [-0.25, -0.2) is 4.68 Å². The molecule has 0 aliphatic carbocycles. The van der Waals surface area contributed by atoms with Gasteiger partial charge in [0.05, 0.1) is 17.2 Å². The fourth-order valence-electron chi connectivity index (χ4n) is 3.43. The van der Waals surface area contributed by atoms with E-state index in [0.29, 0.717) is 22.4 Å². The maximum absolute atomic E-state index is 12.9. The highest BCUT2D eigenvalue weighted by Crippen LogP contribution is 2.35. The summed E-state index contributed by atoms with van der Waals surface area (Å²) in [5.41, 5.74) is 3.47. The molecule has 1 amide bonds. The lowest BCUT2D eigenvalue weighted by Crippen LogP contribution is -2.27. The van der Waals surface area contributed by atoms with E-state index in [1.54, 1.807) is 11.0 Å². The Morgan fingerprint density at radius 2 is 2.00 bits per heavy atom. The Kier molecular flexibility index (Phi) is 7.42. The molecule has 0 radical (unpaired) electrons. The van der Waals surface area contributed by atoms with E-state index in [4.69, 9.17) is 22.1 Å². The van der Waals surface area contributed by atoms with Crippen LogP contribution in [-0.2, 0) is 4.79 Å². The van der Waals surface area contributed by atoms with Gasteiger partial charge in [-0.15, -0.1) is 6.58 Å². The van der Waals surface area contributed by atoms with E-state index in [0.717, 1.165) is 41.1 Å². The number of thioether (sulfide) groups is 1. The summed E-state index contributed by atoms with van der Waals surface area (Å²) in [6.45, 7) is 6.93. The van der Waals surface area contributed by atoms with Crippen molar-refractivity contribution < 1.29 is 9.53 Å². The van der Waals surface area contributed by atoms with Crippen LogP contribution >= 0.6 is 24.0 Å². The third kappa shape index (κ3) is 5.26. The summed E-state index contributed by atoms with van der Waals surface area (Å²) in [7, 11) is 0. The number of amides is 1. The molecule has 5 nitrogen and oxygen atoms in total. The molecular formula is C26H25N3O2S2. The molecular weight excluding hydrogens is 450 g/mol. The van der Waals surface area contributed by atoms with Crippen molar-refractivity contribution in [1.29, 1.82) is 0 Å². The first-order valence-corrected chi connectivity index (χ1v) is 12.1. The number of carbonyl (C=O) groups is 1. The first-order valence-electron chi connectivity index (χ1n) is 10.8. The smallest absolute Gasteiger partial charge is 0.266 e. The summed E-state index contributed by atoms with van der Waals surface area (Å²) in [4.78, 5) is 15.0. The minimum absolute atomic E-state index is 0.111. The second-order valence-corrected chi connectivity index (χ2v) is 9.20. The molecule has 0 N–H and O–H groups in total. The van der Waals surface area contributed by atoms with Gasteiger partial charge in [-0.1, -0.05) is 73.7 Å². The van der Waals surface area contributed by atoms with Crippen LogP contribution in [0.25, 0.3) is 23.0 Å². The van der Waals surface area contributed by atoms with Gasteiger partial charge >= 0.3 is 0 Å². The SMILES string of the molecule is C=CCN1C(=O)C(=Cc2cn(-c3ccccc3)nc2-c2cccc(OCCCC)c2)SC1=S. The number of benzene rings is 2. The van der Waals surface area contributed by atoms with Crippen molar-refractivity contribution in [2.45, 2.75) is 19.8 Å². The number of thiocarbonyl (C=S) groups is 1. The predicted octanol–water partition coefficient (Wildman–Crippen LogP) is 6.11. The summed E-state index contributed by atoms with van der Waals surface area (Å²) in [6, 6.07) is 17.8. The molecule has 1 aliphatic heterocycles. The van der Waals surface area contributed by atoms with E-state index >= 15 is 0 Å². The Balaban J connectivity index is 1.75. The number of hydrogen-bond donors (Lipinski definition) is 0. The van der Waals surface area contributed by atoms with Gasteiger partial charge in [0.15, 0.2) is 0 Å². The molecule has 1 aliphatic rings. The van der Waals surface area contributed by atoms with Crippen molar-refractivity contribution in [3.63, 3.8) is 0 Å². The largest absolute Gasteiger partial charge is 0.494 e. The molecule has 1 fully saturated rings. The lowest BCUT2D eigenvalue weighted by molar-refractivity contribution is -0.121. The maximum Gasteiger partial charge on any atom is 0.266 e. The third-order valence-electron chi connectivity index (χ3n) is 5.11. The molecule has 33 heavy (non-hydrogen) atoms. The number of carbonyl (C=O) groups excluding carboxylic acids is 1. The molecule has 2 aromatic carbocycles. The summed E-state index contributed by atoms with van der Waals surface area (Å²) < 4.78 is 8.27. The maximum atomic E-state index is 12.9. The third-order valence-corrected chi connectivity index (χ3v) is 6.49. The highest BCUT2D eigenvalue weighted by Gasteiger charge is 2.31. The first kappa shape index (κ1) is 23.0. The fraction of sp³-hybridized carbons (Fsp3) is 0.192. The van der Waals surface area contributed by atoms with E-state index in [1.807, 2.05) is 71.6 Å². The van der Waals surface area contributed by atoms with E-state index in [2.05, 4.69) is 13.5 Å². The van der Waals surface area contributed by atoms with Gasteiger partial charge in [0.2, 0.25) is 0 Å². The van der Waals surface area contributed by atoms with Crippen LogP contribution in [0.4, 0.5) is 0 Å². The lowest BCUT2D eigenvalue weighted by atomic mass is 10.1. The molecule has 0 unspecified atom stereocenters. The molecule has 3 aromatic rings. The van der Waals surface area contributed by atoms with Crippen molar-refractivity contribution in [3.05, 3.63) is 83.9 Å². The lowest BCUT2D eigenvalue weighted by Gasteiger charge is -2.10. The molecule has 0 spiro atoms. The normalized spacial score (nSPS) is 14.8. The van der Waals surface area contributed by atoms with E-state index in [-0.39, 0.29) is 5.91 Å². The zero-order valence-corrected chi connectivity index (χ0v) is 20.1. The van der Waals surface area contributed by atoms with Gasteiger partial charge in [-0.2, -0.15) is 5.10 Å². The zero-order chi connectivity index (χ0) is 23.2. The van der Waals surface area contributed by atoms with Crippen LogP contribution in [0.3, 0.4) is 0 Å². The van der Waals surface area contributed by atoms with Crippen LogP contribution in [0.15, 0.2) is 78.4 Å². The number of unbranched alkanes of at least 4 members (excludes halogenated alkanes) is 1. The standard InChI is InChI=1S/C26H25N3O2S2/c1-3-5-15-31-22-13-9-10-19(16-22)24-20(18-29(27-24)21-11-7-6-8-12-21)17-23-25(30)28(14-4-2)26(32)33-23/h4,6-13,16-18H,2-3,5,14-15H2,1H3. The van der Waals surface area contributed by atoms with Crippen LogP contribution in [0.1, 0.15) is 25.3 Å². The van der Waals surface area contributed by atoms with Gasteiger partial charge in [0.25, 0.3) is 5.91 Å². The van der Waals surface area contributed by atoms with Crippen LogP contribution < -0.4 is 4.74 Å². The van der Waals surface area contributed by atoms with Gasteiger partial charge in [-0.05, 0) is 36.8 Å². The molecule has 2 heterocycles. The molecule has 0 atom stereocenters. The van der Waals surface area contributed by atoms with Crippen molar-refractivity contribution in [3.8, 4) is 22.7 Å². The number of aromatic nitrogens is 2. The van der Waals surface area contributed by atoms with E-state index in [1.165, 1.54) is 11.8 Å². The number of hydrogen-bond acceptors (Lipinski definition) is 5. The van der Waals surface area contributed by atoms with Crippen molar-refractivity contribution in [2.24, 2.45) is 0 Å². The highest BCUT2D eigenvalue weighted by atomic mass is 32.2. The summed E-state index contributed by atoms with van der Waals surface area (Å²) >= 11 is 6.70.